The third kappa shape index (κ3) is 3.07. The zero-order valence-corrected chi connectivity index (χ0v) is 9.65. The van der Waals surface area contributed by atoms with Crippen molar-refractivity contribution < 1.29 is 4.74 Å². The second-order valence-corrected chi connectivity index (χ2v) is 3.38. The van der Waals surface area contributed by atoms with E-state index in [1.165, 1.54) is 0 Å². The lowest BCUT2D eigenvalue weighted by molar-refractivity contribution is 0.414. The molecule has 4 N–H and O–H groups in total. The zero-order chi connectivity index (χ0) is 11.3. The number of aryl methyl sites for hydroxylation is 1. The van der Waals surface area contributed by atoms with Crippen LogP contribution >= 0.6 is 12.2 Å². The molecular weight excluding hydrogens is 210 g/mol. The van der Waals surface area contributed by atoms with Crippen molar-refractivity contribution in [1.82, 2.24) is 5.43 Å². The van der Waals surface area contributed by atoms with Crippen molar-refractivity contribution in [2.45, 2.75) is 13.3 Å². The SMILES string of the molecule is CCc1cc(OC)ccc1NC(=S)NN. The third-order valence-corrected chi connectivity index (χ3v) is 2.29. The van der Waals surface area contributed by atoms with E-state index in [-0.39, 0.29) is 0 Å². The van der Waals surface area contributed by atoms with Crippen LogP contribution in [0.25, 0.3) is 0 Å². The van der Waals surface area contributed by atoms with Crippen LogP contribution in [0.1, 0.15) is 12.5 Å². The van der Waals surface area contributed by atoms with Gasteiger partial charge in [0.05, 0.1) is 7.11 Å². The van der Waals surface area contributed by atoms with Crippen LogP contribution in [0, 0.1) is 0 Å². The fourth-order valence-corrected chi connectivity index (χ4v) is 1.38. The first-order valence-electron chi connectivity index (χ1n) is 4.65. The maximum Gasteiger partial charge on any atom is 0.185 e. The van der Waals surface area contributed by atoms with Crippen LogP contribution < -0.4 is 21.3 Å². The monoisotopic (exact) mass is 225 g/mol. The van der Waals surface area contributed by atoms with Gasteiger partial charge in [0, 0.05) is 5.69 Å². The van der Waals surface area contributed by atoms with Gasteiger partial charge in [0.15, 0.2) is 5.11 Å². The smallest absolute Gasteiger partial charge is 0.185 e. The van der Waals surface area contributed by atoms with Crippen LogP contribution in [-0.4, -0.2) is 12.2 Å². The molecule has 0 aliphatic heterocycles. The Labute approximate surface area is 94.8 Å². The summed E-state index contributed by atoms with van der Waals surface area (Å²) in [5.74, 6) is 6.03. The van der Waals surface area contributed by atoms with Gasteiger partial charge in [0.25, 0.3) is 0 Å². The number of thiocarbonyl (C=S) groups is 1. The first-order valence-corrected chi connectivity index (χ1v) is 5.06. The van der Waals surface area contributed by atoms with Gasteiger partial charge < -0.3 is 15.5 Å². The molecule has 1 aromatic carbocycles. The molecule has 0 aliphatic carbocycles. The molecule has 0 saturated carbocycles. The highest BCUT2D eigenvalue weighted by atomic mass is 32.1. The number of hydrazine groups is 1. The van der Waals surface area contributed by atoms with Crippen molar-refractivity contribution in [2.24, 2.45) is 5.84 Å². The quantitative estimate of drug-likeness (QED) is 0.412. The van der Waals surface area contributed by atoms with Gasteiger partial charge in [-0.2, -0.15) is 0 Å². The Morgan fingerprint density at radius 1 is 1.53 bits per heavy atom. The summed E-state index contributed by atoms with van der Waals surface area (Å²) in [5, 5.41) is 3.40. The van der Waals surface area contributed by atoms with E-state index in [2.05, 4.69) is 17.7 Å². The first-order chi connectivity index (χ1) is 7.21. The Kier molecular flexibility index (Phi) is 4.33. The van der Waals surface area contributed by atoms with Crippen LogP contribution in [0.5, 0.6) is 5.75 Å². The van der Waals surface area contributed by atoms with Crippen molar-refractivity contribution in [3.05, 3.63) is 23.8 Å². The molecule has 0 fully saturated rings. The number of rotatable bonds is 3. The molecule has 15 heavy (non-hydrogen) atoms. The number of benzene rings is 1. The molecule has 82 valence electrons. The minimum Gasteiger partial charge on any atom is -0.497 e. The summed E-state index contributed by atoms with van der Waals surface area (Å²) >= 11 is 4.93. The van der Waals surface area contributed by atoms with Crippen molar-refractivity contribution in [3.63, 3.8) is 0 Å². The molecule has 0 spiro atoms. The van der Waals surface area contributed by atoms with Gasteiger partial charge in [-0.15, -0.1) is 0 Å². The number of nitrogens with one attached hydrogen (secondary N) is 2. The van der Waals surface area contributed by atoms with Crippen LogP contribution in [0.2, 0.25) is 0 Å². The summed E-state index contributed by atoms with van der Waals surface area (Å²) in [4.78, 5) is 0. The molecular formula is C10H15N3OS. The van der Waals surface area contributed by atoms with Gasteiger partial charge >= 0.3 is 0 Å². The van der Waals surface area contributed by atoms with Gasteiger partial charge in [0.2, 0.25) is 0 Å². The highest BCUT2D eigenvalue weighted by Gasteiger charge is 2.03. The van der Waals surface area contributed by atoms with E-state index in [4.69, 9.17) is 22.8 Å². The van der Waals surface area contributed by atoms with Gasteiger partial charge in [-0.3, -0.25) is 0 Å². The van der Waals surface area contributed by atoms with Gasteiger partial charge in [-0.05, 0) is 42.4 Å². The predicted molar refractivity (Wildman–Crippen MR) is 65.9 cm³/mol. The second kappa shape index (κ2) is 5.53. The predicted octanol–water partition coefficient (Wildman–Crippen LogP) is 1.42. The molecule has 1 aromatic rings. The summed E-state index contributed by atoms with van der Waals surface area (Å²) in [6, 6.07) is 5.77. The Morgan fingerprint density at radius 2 is 2.27 bits per heavy atom. The molecule has 0 bridgehead atoms. The highest BCUT2D eigenvalue weighted by molar-refractivity contribution is 7.80. The first kappa shape index (κ1) is 11.7. The lowest BCUT2D eigenvalue weighted by atomic mass is 10.1. The van der Waals surface area contributed by atoms with Crippen molar-refractivity contribution in [1.29, 1.82) is 0 Å². The van der Waals surface area contributed by atoms with Gasteiger partial charge in [0.1, 0.15) is 5.75 Å². The number of hydrogen-bond acceptors (Lipinski definition) is 3. The number of nitrogens with two attached hydrogens (primary N) is 1. The molecule has 1 rings (SSSR count). The average Bonchev–Trinajstić information content (AvgIpc) is 2.29. The fourth-order valence-electron chi connectivity index (χ4n) is 1.27. The molecule has 0 radical (unpaired) electrons. The van der Waals surface area contributed by atoms with Crippen LogP contribution in [0.4, 0.5) is 5.69 Å². The Bertz CT molecular complexity index is 355. The minimum atomic E-state index is 0.398. The van der Waals surface area contributed by atoms with E-state index in [9.17, 15) is 0 Å². The summed E-state index contributed by atoms with van der Waals surface area (Å²) in [6.45, 7) is 2.07. The van der Waals surface area contributed by atoms with Crippen LogP contribution in [0.3, 0.4) is 0 Å². The Morgan fingerprint density at radius 3 is 2.80 bits per heavy atom. The number of methoxy groups -OCH3 is 1. The normalized spacial score (nSPS) is 9.53. The summed E-state index contributed by atoms with van der Waals surface area (Å²) in [5.41, 5.74) is 4.46. The fraction of sp³-hybridized carbons (Fsp3) is 0.300. The van der Waals surface area contributed by atoms with Crippen molar-refractivity contribution in [3.8, 4) is 5.75 Å². The molecule has 0 saturated heterocycles. The number of hydrogen-bond donors (Lipinski definition) is 3. The lowest BCUT2D eigenvalue weighted by Crippen LogP contribution is -2.34. The third-order valence-electron chi connectivity index (χ3n) is 2.07. The maximum atomic E-state index is 5.19. The van der Waals surface area contributed by atoms with Crippen molar-refractivity contribution in [2.75, 3.05) is 12.4 Å². The van der Waals surface area contributed by atoms with Crippen LogP contribution in [0.15, 0.2) is 18.2 Å². The average molecular weight is 225 g/mol. The summed E-state index contributed by atoms with van der Waals surface area (Å²) < 4.78 is 5.14. The molecule has 0 unspecified atom stereocenters. The van der Waals surface area contributed by atoms with E-state index >= 15 is 0 Å². The molecule has 5 heteroatoms. The molecule has 0 amide bonds. The molecule has 0 aliphatic rings. The highest BCUT2D eigenvalue weighted by Crippen LogP contribution is 2.22. The number of ether oxygens (including phenoxy) is 1. The maximum absolute atomic E-state index is 5.19. The van der Waals surface area contributed by atoms with Gasteiger partial charge in [-0.25, -0.2) is 5.84 Å². The second-order valence-electron chi connectivity index (χ2n) is 2.98. The molecule has 0 atom stereocenters. The molecule has 4 nitrogen and oxygen atoms in total. The molecule has 0 heterocycles. The molecule has 0 aromatic heterocycles. The van der Waals surface area contributed by atoms with Crippen LogP contribution in [-0.2, 0) is 6.42 Å². The Balaban J connectivity index is 2.92. The largest absolute Gasteiger partial charge is 0.497 e. The Hall–Kier alpha value is -1.33. The standard InChI is InChI=1S/C10H15N3OS/c1-3-7-6-8(14-2)4-5-9(7)12-10(15)13-11/h4-6H,3,11H2,1-2H3,(H2,12,13,15). The van der Waals surface area contributed by atoms with E-state index < -0.39 is 0 Å². The van der Waals surface area contributed by atoms with E-state index in [0.717, 1.165) is 23.4 Å². The lowest BCUT2D eigenvalue weighted by Gasteiger charge is -2.12. The van der Waals surface area contributed by atoms with Crippen molar-refractivity contribution >= 4 is 23.0 Å². The van der Waals surface area contributed by atoms with E-state index in [1.807, 2.05) is 18.2 Å². The number of anilines is 1. The summed E-state index contributed by atoms with van der Waals surface area (Å²) in [7, 11) is 1.65. The topological polar surface area (TPSA) is 59.3 Å². The summed E-state index contributed by atoms with van der Waals surface area (Å²) in [6.07, 6.45) is 0.896. The van der Waals surface area contributed by atoms with E-state index in [0.29, 0.717) is 5.11 Å². The zero-order valence-electron chi connectivity index (χ0n) is 8.83. The van der Waals surface area contributed by atoms with Gasteiger partial charge in [-0.1, -0.05) is 6.92 Å². The van der Waals surface area contributed by atoms with E-state index in [1.54, 1.807) is 7.11 Å². The minimum absolute atomic E-state index is 0.398.